The zero-order chi connectivity index (χ0) is 13.0. The molecule has 1 N–H and O–H groups in total. The molecule has 0 aliphatic heterocycles. The van der Waals surface area contributed by atoms with Crippen LogP contribution in [0.15, 0.2) is 5.51 Å². The summed E-state index contributed by atoms with van der Waals surface area (Å²) >= 11 is 1.76. The van der Waals surface area contributed by atoms with E-state index in [1.54, 1.807) is 11.3 Å². The molecule has 1 aromatic heterocycles. The Morgan fingerprint density at radius 2 is 2.22 bits per heavy atom. The summed E-state index contributed by atoms with van der Waals surface area (Å²) in [5, 5.41) is 10.1. The lowest BCUT2D eigenvalue weighted by Crippen LogP contribution is -2.29. The second kappa shape index (κ2) is 6.67. The molecule has 2 nitrogen and oxygen atoms in total. The van der Waals surface area contributed by atoms with Crippen LogP contribution in [0, 0.1) is 18.8 Å². The highest BCUT2D eigenvalue weighted by atomic mass is 32.1. The van der Waals surface area contributed by atoms with Gasteiger partial charge < -0.3 is 5.11 Å². The first-order valence-corrected chi connectivity index (χ1v) is 8.15. The van der Waals surface area contributed by atoms with Crippen molar-refractivity contribution in [1.29, 1.82) is 0 Å². The van der Waals surface area contributed by atoms with Crippen LogP contribution in [0.5, 0.6) is 0 Å². The zero-order valence-electron chi connectivity index (χ0n) is 11.6. The minimum absolute atomic E-state index is 0.0636. The van der Waals surface area contributed by atoms with Crippen LogP contribution in [-0.2, 0) is 6.42 Å². The molecule has 1 aliphatic carbocycles. The Balaban J connectivity index is 1.85. The third-order valence-electron chi connectivity index (χ3n) is 4.33. The van der Waals surface area contributed by atoms with Gasteiger partial charge in [-0.2, -0.15) is 0 Å². The van der Waals surface area contributed by atoms with Crippen LogP contribution in [0.25, 0.3) is 0 Å². The lowest BCUT2D eigenvalue weighted by Gasteiger charge is -2.33. The van der Waals surface area contributed by atoms with E-state index in [1.165, 1.54) is 36.3 Å². The Morgan fingerprint density at radius 1 is 1.39 bits per heavy atom. The van der Waals surface area contributed by atoms with Gasteiger partial charge in [-0.15, -0.1) is 11.3 Å². The fourth-order valence-electron chi connectivity index (χ4n) is 3.21. The first-order valence-electron chi connectivity index (χ1n) is 7.27. The van der Waals surface area contributed by atoms with Crippen molar-refractivity contribution in [2.24, 2.45) is 11.8 Å². The molecule has 0 bridgehead atoms. The summed E-state index contributed by atoms with van der Waals surface area (Å²) in [5.41, 5.74) is 3.11. The molecular formula is C15H25NOS. The molecule has 3 unspecified atom stereocenters. The highest BCUT2D eigenvalue weighted by Crippen LogP contribution is 2.35. The van der Waals surface area contributed by atoms with E-state index in [-0.39, 0.29) is 6.10 Å². The Kier molecular flexibility index (Phi) is 5.19. The molecule has 1 aliphatic rings. The number of aryl methyl sites for hydroxylation is 2. The maximum Gasteiger partial charge on any atom is 0.0797 e. The monoisotopic (exact) mass is 267 g/mol. The van der Waals surface area contributed by atoms with Crippen LogP contribution in [0.2, 0.25) is 0 Å². The molecule has 0 amide bonds. The Bertz CT molecular complexity index is 363. The van der Waals surface area contributed by atoms with Gasteiger partial charge in [-0.25, -0.2) is 4.98 Å². The maximum absolute atomic E-state index is 10.1. The smallest absolute Gasteiger partial charge is 0.0797 e. The molecule has 0 saturated heterocycles. The summed E-state index contributed by atoms with van der Waals surface area (Å²) in [6.07, 6.45) is 8.24. The second-order valence-corrected chi connectivity index (χ2v) is 6.63. The Hall–Kier alpha value is -0.410. The van der Waals surface area contributed by atoms with Crippen LogP contribution >= 0.6 is 11.3 Å². The van der Waals surface area contributed by atoms with Crippen molar-refractivity contribution >= 4 is 11.3 Å². The maximum atomic E-state index is 10.1. The van der Waals surface area contributed by atoms with Crippen molar-refractivity contribution in [3.63, 3.8) is 0 Å². The molecule has 1 aromatic rings. The van der Waals surface area contributed by atoms with Gasteiger partial charge in [0.05, 0.1) is 17.3 Å². The summed E-state index contributed by atoms with van der Waals surface area (Å²) in [6.45, 7) is 4.35. The van der Waals surface area contributed by atoms with Crippen molar-refractivity contribution < 1.29 is 5.11 Å². The van der Waals surface area contributed by atoms with Gasteiger partial charge in [0.25, 0.3) is 0 Å². The van der Waals surface area contributed by atoms with Crippen molar-refractivity contribution in [2.75, 3.05) is 0 Å². The van der Waals surface area contributed by atoms with E-state index in [4.69, 9.17) is 0 Å². The van der Waals surface area contributed by atoms with Crippen LogP contribution in [0.1, 0.15) is 56.0 Å². The molecule has 1 saturated carbocycles. The highest BCUT2D eigenvalue weighted by Gasteiger charge is 2.28. The van der Waals surface area contributed by atoms with Gasteiger partial charge >= 0.3 is 0 Å². The Morgan fingerprint density at radius 3 is 2.89 bits per heavy atom. The number of rotatable bonds is 5. The Labute approximate surface area is 114 Å². The third kappa shape index (κ3) is 3.55. The average molecular weight is 267 g/mol. The minimum Gasteiger partial charge on any atom is -0.393 e. The lowest BCUT2D eigenvalue weighted by atomic mass is 9.76. The molecule has 1 fully saturated rings. The molecule has 1 heterocycles. The number of nitrogens with zero attached hydrogens (tertiary/aromatic N) is 1. The van der Waals surface area contributed by atoms with Gasteiger partial charge in [-0.1, -0.05) is 19.8 Å². The SMILES string of the molecule is CCCC1CCC(O)C(CCc2scnc2C)C1. The van der Waals surface area contributed by atoms with Gasteiger partial charge in [0.2, 0.25) is 0 Å². The predicted octanol–water partition coefficient (Wildman–Crippen LogP) is 3.96. The van der Waals surface area contributed by atoms with Gasteiger partial charge in [0, 0.05) is 4.88 Å². The zero-order valence-corrected chi connectivity index (χ0v) is 12.4. The summed E-state index contributed by atoms with van der Waals surface area (Å²) in [7, 11) is 0. The molecule has 0 spiro atoms. The normalized spacial score (nSPS) is 28.5. The number of thiazole rings is 1. The fourth-order valence-corrected chi connectivity index (χ4v) is 4.01. The van der Waals surface area contributed by atoms with Crippen molar-refractivity contribution in [2.45, 2.75) is 64.9 Å². The lowest BCUT2D eigenvalue weighted by molar-refractivity contribution is 0.0421. The third-order valence-corrected chi connectivity index (χ3v) is 5.33. The second-order valence-electron chi connectivity index (χ2n) is 5.69. The highest BCUT2D eigenvalue weighted by molar-refractivity contribution is 7.09. The van der Waals surface area contributed by atoms with Gasteiger partial charge in [0.1, 0.15) is 0 Å². The molecular weight excluding hydrogens is 242 g/mol. The van der Waals surface area contributed by atoms with Gasteiger partial charge in [-0.3, -0.25) is 0 Å². The average Bonchev–Trinajstić information content (AvgIpc) is 2.76. The van der Waals surface area contributed by atoms with E-state index in [0.717, 1.165) is 25.2 Å². The van der Waals surface area contributed by atoms with Crippen LogP contribution in [0.3, 0.4) is 0 Å². The number of hydrogen-bond donors (Lipinski definition) is 1. The number of hydrogen-bond acceptors (Lipinski definition) is 3. The molecule has 0 aromatic carbocycles. The topological polar surface area (TPSA) is 33.1 Å². The standard InChI is InChI=1S/C15H25NOS/c1-3-4-12-5-7-14(17)13(9-12)6-8-15-11(2)16-10-18-15/h10,12-14,17H,3-9H2,1-2H3. The van der Waals surface area contributed by atoms with E-state index in [0.29, 0.717) is 5.92 Å². The molecule has 102 valence electrons. The van der Waals surface area contributed by atoms with E-state index in [1.807, 2.05) is 5.51 Å². The molecule has 3 heteroatoms. The molecule has 0 radical (unpaired) electrons. The van der Waals surface area contributed by atoms with Crippen LogP contribution in [0.4, 0.5) is 0 Å². The summed E-state index contributed by atoms with van der Waals surface area (Å²) in [4.78, 5) is 5.70. The van der Waals surface area contributed by atoms with E-state index < -0.39 is 0 Å². The summed E-state index contributed by atoms with van der Waals surface area (Å²) < 4.78 is 0. The van der Waals surface area contributed by atoms with Crippen LogP contribution < -0.4 is 0 Å². The van der Waals surface area contributed by atoms with E-state index in [9.17, 15) is 5.11 Å². The summed E-state index contributed by atoms with van der Waals surface area (Å²) in [6, 6.07) is 0. The minimum atomic E-state index is -0.0636. The van der Waals surface area contributed by atoms with E-state index >= 15 is 0 Å². The molecule has 2 rings (SSSR count). The van der Waals surface area contributed by atoms with Crippen molar-refractivity contribution in [3.8, 4) is 0 Å². The number of aliphatic hydroxyl groups excluding tert-OH is 1. The van der Waals surface area contributed by atoms with Crippen molar-refractivity contribution in [1.82, 2.24) is 4.98 Å². The quantitative estimate of drug-likeness (QED) is 0.876. The molecule has 18 heavy (non-hydrogen) atoms. The van der Waals surface area contributed by atoms with Gasteiger partial charge in [-0.05, 0) is 50.9 Å². The summed E-state index contributed by atoms with van der Waals surface area (Å²) in [5.74, 6) is 1.36. The predicted molar refractivity (Wildman–Crippen MR) is 76.9 cm³/mol. The van der Waals surface area contributed by atoms with Crippen LogP contribution in [-0.4, -0.2) is 16.2 Å². The largest absolute Gasteiger partial charge is 0.393 e. The number of aromatic nitrogens is 1. The first kappa shape index (κ1) is 14.0. The first-order chi connectivity index (χ1) is 8.70. The fraction of sp³-hybridized carbons (Fsp3) is 0.800. The molecule has 3 atom stereocenters. The number of aliphatic hydroxyl groups is 1. The van der Waals surface area contributed by atoms with Gasteiger partial charge in [0.15, 0.2) is 0 Å². The van der Waals surface area contributed by atoms with E-state index in [2.05, 4.69) is 18.8 Å². The van der Waals surface area contributed by atoms with Crippen molar-refractivity contribution in [3.05, 3.63) is 16.1 Å².